The van der Waals surface area contributed by atoms with Gasteiger partial charge in [0.2, 0.25) is 0 Å². The molecular weight excluding hydrogens is 285 g/mol. The largest absolute Gasteiger partial charge is 0.339 e. The van der Waals surface area contributed by atoms with Crippen LogP contribution in [0.25, 0.3) is 0 Å². The maximum Gasteiger partial charge on any atom is 0.254 e. The number of halogens is 2. The normalized spacial score (nSPS) is 10.4. The standard InChI is InChI=1S/C13H17BrFNO/c1-3-5-8-16(4-2)13(17)11-7-6-10(15)9-12(11)14/h6-7,9H,3-5,8H2,1-2H3. The van der Waals surface area contributed by atoms with E-state index in [1.807, 2.05) is 6.92 Å². The summed E-state index contributed by atoms with van der Waals surface area (Å²) in [6, 6.07) is 4.16. The topological polar surface area (TPSA) is 20.3 Å². The predicted octanol–water partition coefficient (Wildman–Crippen LogP) is 3.85. The molecule has 0 unspecified atom stereocenters. The van der Waals surface area contributed by atoms with Gasteiger partial charge in [-0.1, -0.05) is 13.3 Å². The molecule has 17 heavy (non-hydrogen) atoms. The van der Waals surface area contributed by atoms with Crippen molar-refractivity contribution in [1.82, 2.24) is 4.90 Å². The Balaban J connectivity index is 2.86. The lowest BCUT2D eigenvalue weighted by Gasteiger charge is -2.21. The number of unbranched alkanes of at least 4 members (excludes halogenated alkanes) is 1. The van der Waals surface area contributed by atoms with E-state index in [0.29, 0.717) is 16.6 Å². The van der Waals surface area contributed by atoms with Crippen LogP contribution in [0.5, 0.6) is 0 Å². The molecule has 0 bridgehead atoms. The Bertz CT molecular complexity index is 395. The molecule has 0 saturated carbocycles. The summed E-state index contributed by atoms with van der Waals surface area (Å²) in [7, 11) is 0. The molecule has 4 heteroatoms. The molecule has 0 aliphatic heterocycles. The van der Waals surface area contributed by atoms with E-state index in [9.17, 15) is 9.18 Å². The van der Waals surface area contributed by atoms with Crippen LogP contribution < -0.4 is 0 Å². The third kappa shape index (κ3) is 3.80. The molecule has 0 spiro atoms. The van der Waals surface area contributed by atoms with Crippen LogP contribution in [0.15, 0.2) is 22.7 Å². The minimum absolute atomic E-state index is 0.0483. The molecule has 1 aromatic carbocycles. The van der Waals surface area contributed by atoms with Crippen molar-refractivity contribution in [1.29, 1.82) is 0 Å². The molecule has 0 N–H and O–H groups in total. The molecule has 0 fully saturated rings. The highest BCUT2D eigenvalue weighted by molar-refractivity contribution is 9.10. The average Bonchev–Trinajstić information content (AvgIpc) is 2.29. The summed E-state index contributed by atoms with van der Waals surface area (Å²) in [5.74, 6) is -0.391. The number of carbonyl (C=O) groups excluding carboxylic acids is 1. The summed E-state index contributed by atoms with van der Waals surface area (Å²) in [4.78, 5) is 14.0. The first-order chi connectivity index (χ1) is 8.10. The molecule has 1 rings (SSSR count). The number of benzene rings is 1. The lowest BCUT2D eigenvalue weighted by molar-refractivity contribution is 0.0761. The van der Waals surface area contributed by atoms with Gasteiger partial charge < -0.3 is 4.90 Å². The van der Waals surface area contributed by atoms with Crippen LogP contribution in [0.1, 0.15) is 37.0 Å². The highest BCUT2D eigenvalue weighted by atomic mass is 79.9. The smallest absolute Gasteiger partial charge is 0.254 e. The highest BCUT2D eigenvalue weighted by Gasteiger charge is 2.16. The van der Waals surface area contributed by atoms with Crippen LogP contribution in [-0.2, 0) is 0 Å². The Hall–Kier alpha value is -0.900. The minimum atomic E-state index is -0.343. The monoisotopic (exact) mass is 301 g/mol. The van der Waals surface area contributed by atoms with Gasteiger partial charge in [0.1, 0.15) is 5.82 Å². The predicted molar refractivity (Wildman–Crippen MR) is 70.6 cm³/mol. The van der Waals surface area contributed by atoms with Crippen molar-refractivity contribution < 1.29 is 9.18 Å². The Morgan fingerprint density at radius 2 is 2.12 bits per heavy atom. The van der Waals surface area contributed by atoms with Gasteiger partial charge in [0.05, 0.1) is 5.56 Å². The highest BCUT2D eigenvalue weighted by Crippen LogP contribution is 2.20. The molecule has 1 amide bonds. The van der Waals surface area contributed by atoms with E-state index >= 15 is 0 Å². The fourth-order valence-electron chi connectivity index (χ4n) is 1.59. The average molecular weight is 302 g/mol. The van der Waals surface area contributed by atoms with E-state index in [1.165, 1.54) is 18.2 Å². The SMILES string of the molecule is CCCCN(CC)C(=O)c1ccc(F)cc1Br. The first-order valence-corrected chi connectivity index (χ1v) is 6.63. The number of carbonyl (C=O) groups is 1. The van der Waals surface area contributed by atoms with Gasteiger partial charge in [-0.3, -0.25) is 4.79 Å². The van der Waals surface area contributed by atoms with Gasteiger partial charge >= 0.3 is 0 Å². The second-order valence-electron chi connectivity index (χ2n) is 3.86. The number of nitrogens with zero attached hydrogens (tertiary/aromatic N) is 1. The Kier molecular flexibility index (Phi) is 5.62. The van der Waals surface area contributed by atoms with Gasteiger partial charge in [-0.2, -0.15) is 0 Å². The van der Waals surface area contributed by atoms with Crippen LogP contribution in [0, 0.1) is 5.82 Å². The Morgan fingerprint density at radius 1 is 1.41 bits per heavy atom. The van der Waals surface area contributed by atoms with Crippen LogP contribution >= 0.6 is 15.9 Å². The zero-order valence-electron chi connectivity index (χ0n) is 10.2. The van der Waals surface area contributed by atoms with Gasteiger partial charge in [0.15, 0.2) is 0 Å². The van der Waals surface area contributed by atoms with Crippen molar-refractivity contribution in [2.75, 3.05) is 13.1 Å². The van der Waals surface area contributed by atoms with Gasteiger partial charge in [0.25, 0.3) is 5.91 Å². The van der Waals surface area contributed by atoms with Crippen LogP contribution in [0.3, 0.4) is 0 Å². The number of rotatable bonds is 5. The van der Waals surface area contributed by atoms with Crippen LogP contribution in [0.2, 0.25) is 0 Å². The molecule has 0 aliphatic carbocycles. The summed E-state index contributed by atoms with van der Waals surface area (Å²) in [6.07, 6.45) is 2.03. The molecule has 2 nitrogen and oxygen atoms in total. The molecule has 0 saturated heterocycles. The van der Waals surface area contributed by atoms with Crippen molar-refractivity contribution in [2.24, 2.45) is 0 Å². The van der Waals surface area contributed by atoms with E-state index in [4.69, 9.17) is 0 Å². The van der Waals surface area contributed by atoms with E-state index < -0.39 is 0 Å². The number of amides is 1. The molecule has 0 atom stereocenters. The fourth-order valence-corrected chi connectivity index (χ4v) is 2.11. The summed E-state index contributed by atoms with van der Waals surface area (Å²) in [5, 5.41) is 0. The zero-order valence-corrected chi connectivity index (χ0v) is 11.8. The maximum atomic E-state index is 12.9. The zero-order chi connectivity index (χ0) is 12.8. The second kappa shape index (κ2) is 6.74. The summed E-state index contributed by atoms with van der Waals surface area (Å²) in [5.41, 5.74) is 0.518. The summed E-state index contributed by atoms with van der Waals surface area (Å²) < 4.78 is 13.5. The summed E-state index contributed by atoms with van der Waals surface area (Å²) >= 11 is 3.23. The van der Waals surface area contributed by atoms with E-state index in [-0.39, 0.29) is 11.7 Å². The Labute approximate surface area is 110 Å². The quantitative estimate of drug-likeness (QED) is 0.809. The van der Waals surface area contributed by atoms with Gasteiger partial charge in [-0.15, -0.1) is 0 Å². The van der Waals surface area contributed by atoms with Crippen molar-refractivity contribution in [3.05, 3.63) is 34.1 Å². The van der Waals surface area contributed by atoms with Gasteiger partial charge in [-0.25, -0.2) is 4.39 Å². The van der Waals surface area contributed by atoms with E-state index in [1.54, 1.807) is 4.90 Å². The lowest BCUT2D eigenvalue weighted by Crippen LogP contribution is -2.32. The van der Waals surface area contributed by atoms with Crippen molar-refractivity contribution in [3.8, 4) is 0 Å². The molecule has 0 heterocycles. The van der Waals surface area contributed by atoms with E-state index in [2.05, 4.69) is 22.9 Å². The third-order valence-electron chi connectivity index (χ3n) is 2.61. The Morgan fingerprint density at radius 3 is 2.65 bits per heavy atom. The van der Waals surface area contributed by atoms with Crippen LogP contribution in [0.4, 0.5) is 4.39 Å². The fraction of sp³-hybridized carbons (Fsp3) is 0.462. The maximum absolute atomic E-state index is 12.9. The molecular formula is C13H17BrFNO. The van der Waals surface area contributed by atoms with Crippen molar-refractivity contribution >= 4 is 21.8 Å². The molecule has 0 aliphatic rings. The van der Waals surface area contributed by atoms with Gasteiger partial charge in [0, 0.05) is 17.6 Å². The first-order valence-electron chi connectivity index (χ1n) is 5.84. The molecule has 1 aromatic rings. The van der Waals surface area contributed by atoms with Gasteiger partial charge in [-0.05, 0) is 47.5 Å². The minimum Gasteiger partial charge on any atom is -0.339 e. The second-order valence-corrected chi connectivity index (χ2v) is 4.72. The van der Waals surface area contributed by atoms with Crippen molar-refractivity contribution in [3.63, 3.8) is 0 Å². The van der Waals surface area contributed by atoms with E-state index in [0.717, 1.165) is 19.4 Å². The molecule has 0 radical (unpaired) electrons. The molecule has 94 valence electrons. The lowest BCUT2D eigenvalue weighted by atomic mass is 10.2. The number of hydrogen-bond acceptors (Lipinski definition) is 1. The third-order valence-corrected chi connectivity index (χ3v) is 3.27. The number of hydrogen-bond donors (Lipinski definition) is 0. The molecule has 0 aromatic heterocycles. The van der Waals surface area contributed by atoms with Crippen LogP contribution in [-0.4, -0.2) is 23.9 Å². The summed E-state index contributed by atoms with van der Waals surface area (Å²) in [6.45, 7) is 5.45. The first kappa shape index (κ1) is 14.2. The van der Waals surface area contributed by atoms with Crippen molar-refractivity contribution in [2.45, 2.75) is 26.7 Å².